The third-order valence-corrected chi connectivity index (χ3v) is 1.78. The molecule has 5 heteroatoms. The van der Waals surface area contributed by atoms with Gasteiger partial charge in [0.05, 0.1) is 0 Å². The van der Waals surface area contributed by atoms with Gasteiger partial charge in [-0.25, -0.2) is 13.2 Å². The van der Waals surface area contributed by atoms with Crippen molar-refractivity contribution in [1.82, 2.24) is 0 Å². The van der Waals surface area contributed by atoms with Gasteiger partial charge in [0.25, 0.3) is 5.55 Å². The van der Waals surface area contributed by atoms with Crippen molar-refractivity contribution in [2.45, 2.75) is 18.6 Å². The van der Waals surface area contributed by atoms with Crippen LogP contribution in [0.2, 0.25) is 0 Å². The van der Waals surface area contributed by atoms with Crippen molar-refractivity contribution in [1.29, 1.82) is 0 Å². The molecule has 0 heterocycles. The molecule has 0 spiro atoms. The lowest BCUT2D eigenvalue weighted by Crippen LogP contribution is -2.34. The number of hydrogen-bond donors (Lipinski definition) is 1. The summed E-state index contributed by atoms with van der Waals surface area (Å²) in [5.74, 6) is 0. The van der Waals surface area contributed by atoms with Crippen LogP contribution in [0.5, 0.6) is 0 Å². The van der Waals surface area contributed by atoms with Crippen LogP contribution in [-0.4, -0.2) is 26.3 Å². The van der Waals surface area contributed by atoms with E-state index in [2.05, 4.69) is 0 Å². The molecule has 0 aliphatic carbocycles. The minimum atomic E-state index is -3.43. The van der Waals surface area contributed by atoms with E-state index < -0.39 is 21.5 Å². The largest absolute Gasteiger partial charge is 0.431 e. The van der Waals surface area contributed by atoms with Gasteiger partial charge in [-0.2, -0.15) is 0 Å². The Balaban J connectivity index is 3.71. The second-order valence-corrected chi connectivity index (χ2v) is 2.79. The Hall–Kier alpha value is -0.0331. The average molecular weight is 144 g/mol. The molecule has 0 amide bonds. The second-order valence-electron chi connectivity index (χ2n) is 1.54. The fraction of sp³-hybridized carbons (Fsp3) is 1.00. The summed E-state index contributed by atoms with van der Waals surface area (Å²) in [5.41, 5.74) is -3.43. The van der Waals surface area contributed by atoms with Crippen molar-refractivity contribution in [2.75, 3.05) is 0 Å². The van der Waals surface area contributed by atoms with Crippen LogP contribution >= 0.6 is 0 Å². The summed E-state index contributed by atoms with van der Waals surface area (Å²) in [6, 6.07) is 0. The van der Waals surface area contributed by atoms with Crippen LogP contribution in [0, 0.1) is 0 Å². The fourth-order valence-electron chi connectivity index (χ4n) is 0.126. The Morgan fingerprint density at radius 3 is 2.00 bits per heavy atom. The van der Waals surface area contributed by atoms with Gasteiger partial charge in [-0.3, -0.25) is 0 Å². The monoisotopic (exact) mass is 144 g/mol. The molecule has 0 aromatic heterocycles. The van der Waals surface area contributed by atoms with Crippen molar-refractivity contribution >= 4 is 9.76 Å². The van der Waals surface area contributed by atoms with Crippen molar-refractivity contribution in [3.05, 3.63) is 0 Å². The third-order valence-electron chi connectivity index (χ3n) is 0.793. The topological polar surface area (TPSA) is 20.2 Å². The Morgan fingerprint density at radius 2 is 2.00 bits per heavy atom. The second kappa shape index (κ2) is 2.50. The first-order chi connectivity index (χ1) is 3.50. The molecule has 0 aromatic carbocycles. The molecule has 0 saturated carbocycles. The number of rotatable bonds is 2. The van der Waals surface area contributed by atoms with Crippen molar-refractivity contribution < 1.29 is 18.0 Å². The van der Waals surface area contributed by atoms with E-state index in [4.69, 9.17) is 4.80 Å². The number of halogens is 3. The van der Waals surface area contributed by atoms with E-state index >= 15 is 0 Å². The molecular weight excluding hydrogens is 137 g/mol. The molecule has 1 unspecified atom stereocenters. The molecule has 0 fully saturated rings. The normalized spacial score (nSPS) is 17.6. The number of alkyl halides is 3. The molecule has 0 rings (SSSR count). The van der Waals surface area contributed by atoms with Crippen LogP contribution in [-0.2, 0) is 0 Å². The van der Waals surface area contributed by atoms with Gasteiger partial charge in [0.1, 0.15) is 0 Å². The molecule has 1 nitrogen and oxygen atoms in total. The van der Waals surface area contributed by atoms with Crippen LogP contribution in [0.15, 0.2) is 0 Å². The van der Waals surface area contributed by atoms with Gasteiger partial charge in [0.15, 0.2) is 6.17 Å². The summed E-state index contributed by atoms with van der Waals surface area (Å²) < 4.78 is 35.0. The van der Waals surface area contributed by atoms with Gasteiger partial charge in [-0.15, -0.1) is 0 Å². The predicted octanol–water partition coefficient (Wildman–Crippen LogP) is 0.0133. The van der Waals surface area contributed by atoms with Gasteiger partial charge in [0.2, 0.25) is 9.76 Å². The Bertz CT molecular complexity index is 74.9. The molecular formula is C3H7F3OSi. The maximum atomic E-state index is 11.7. The van der Waals surface area contributed by atoms with Gasteiger partial charge in [0, 0.05) is 0 Å². The summed E-state index contributed by atoms with van der Waals surface area (Å²) in [6.45, 7) is 0.739. The summed E-state index contributed by atoms with van der Waals surface area (Å²) in [5, 5.41) is 0. The summed E-state index contributed by atoms with van der Waals surface area (Å²) in [4.78, 5) is 7.91. The molecule has 0 saturated heterocycles. The Morgan fingerprint density at radius 1 is 1.62 bits per heavy atom. The molecule has 1 N–H and O–H groups in total. The van der Waals surface area contributed by atoms with Crippen molar-refractivity contribution in [3.63, 3.8) is 0 Å². The molecule has 8 heavy (non-hydrogen) atoms. The zero-order chi connectivity index (χ0) is 6.78. The van der Waals surface area contributed by atoms with Gasteiger partial charge >= 0.3 is 0 Å². The quantitative estimate of drug-likeness (QED) is 0.541. The highest BCUT2D eigenvalue weighted by atomic mass is 28.2. The van der Waals surface area contributed by atoms with Crippen LogP contribution in [0.3, 0.4) is 0 Å². The van der Waals surface area contributed by atoms with Crippen LogP contribution < -0.4 is 0 Å². The number of hydrogen-bond acceptors (Lipinski definition) is 1. The van der Waals surface area contributed by atoms with E-state index in [-0.39, 0.29) is 0 Å². The SMILES string of the molecule is CC(F)C(F)(F)[SiH2]O. The average Bonchev–Trinajstić information content (AvgIpc) is 1.67. The first kappa shape index (κ1) is 7.97. The van der Waals surface area contributed by atoms with E-state index in [0.717, 1.165) is 6.92 Å². The van der Waals surface area contributed by atoms with E-state index in [0.29, 0.717) is 0 Å². The lowest BCUT2D eigenvalue weighted by atomic mass is 10.5. The van der Waals surface area contributed by atoms with Gasteiger partial charge < -0.3 is 4.80 Å². The Labute approximate surface area is 47.5 Å². The highest BCUT2D eigenvalue weighted by molar-refractivity contribution is 6.29. The molecule has 0 aromatic rings. The minimum absolute atomic E-state index is 0.739. The first-order valence-electron chi connectivity index (χ1n) is 2.13. The molecule has 0 aliphatic heterocycles. The minimum Gasteiger partial charge on any atom is -0.431 e. The lowest BCUT2D eigenvalue weighted by molar-refractivity contribution is 0.00250. The van der Waals surface area contributed by atoms with Crippen molar-refractivity contribution in [2.24, 2.45) is 0 Å². The molecule has 50 valence electrons. The Kier molecular flexibility index (Phi) is 2.49. The molecule has 1 atom stereocenters. The van der Waals surface area contributed by atoms with Crippen LogP contribution in [0.25, 0.3) is 0 Å². The summed E-state index contributed by atoms with van der Waals surface area (Å²) in [7, 11) is -2.51. The maximum absolute atomic E-state index is 11.7. The lowest BCUT2D eigenvalue weighted by Gasteiger charge is -2.12. The van der Waals surface area contributed by atoms with E-state index in [1.807, 2.05) is 0 Å². The van der Waals surface area contributed by atoms with E-state index in [1.165, 1.54) is 0 Å². The molecule has 0 radical (unpaired) electrons. The fourth-order valence-corrected chi connectivity index (χ4v) is 0.377. The molecule has 0 aliphatic rings. The standard InChI is InChI=1S/C3H7F3OSi/c1-2(4)3(5,6)8-7/h2,7H,8H2,1H3. The highest BCUT2D eigenvalue weighted by Crippen LogP contribution is 2.17. The van der Waals surface area contributed by atoms with Gasteiger partial charge in [-0.05, 0) is 6.92 Å². The maximum Gasteiger partial charge on any atom is 0.280 e. The van der Waals surface area contributed by atoms with E-state index in [9.17, 15) is 13.2 Å². The van der Waals surface area contributed by atoms with Gasteiger partial charge in [-0.1, -0.05) is 0 Å². The highest BCUT2D eigenvalue weighted by Gasteiger charge is 2.36. The van der Waals surface area contributed by atoms with Crippen LogP contribution in [0.1, 0.15) is 6.92 Å². The summed E-state index contributed by atoms with van der Waals surface area (Å²) in [6.07, 6.45) is -2.21. The molecule has 0 bridgehead atoms. The van der Waals surface area contributed by atoms with Crippen molar-refractivity contribution in [3.8, 4) is 0 Å². The predicted molar refractivity (Wildman–Crippen MR) is 26.3 cm³/mol. The summed E-state index contributed by atoms with van der Waals surface area (Å²) >= 11 is 0. The van der Waals surface area contributed by atoms with E-state index in [1.54, 1.807) is 0 Å². The zero-order valence-electron chi connectivity index (χ0n) is 4.37. The third kappa shape index (κ3) is 1.83. The smallest absolute Gasteiger partial charge is 0.280 e. The first-order valence-corrected chi connectivity index (χ1v) is 3.47. The van der Waals surface area contributed by atoms with Crippen LogP contribution in [0.4, 0.5) is 13.2 Å². The zero-order valence-corrected chi connectivity index (χ0v) is 5.78.